The molecule has 88 valence electrons. The lowest BCUT2D eigenvalue weighted by Crippen LogP contribution is -2.38. The van der Waals surface area contributed by atoms with E-state index in [1.54, 1.807) is 0 Å². The zero-order valence-corrected chi connectivity index (χ0v) is 9.32. The number of benzene rings is 1. The first-order valence-electron chi connectivity index (χ1n) is 4.44. The molecule has 3 N–H and O–H groups in total. The number of primary amides is 1. The van der Waals surface area contributed by atoms with Gasteiger partial charge >= 0.3 is 6.03 Å². The summed E-state index contributed by atoms with van der Waals surface area (Å²) in [6.45, 7) is -0.370. The average Bonchev–Trinajstić information content (AvgIpc) is 2.25. The lowest BCUT2D eigenvalue weighted by Gasteiger charge is -2.06. The van der Waals surface area contributed by atoms with Crippen molar-refractivity contribution < 1.29 is 14.3 Å². The second-order valence-corrected chi connectivity index (χ2v) is 3.36. The number of nitrogens with zero attached hydrogens (tertiary/aromatic N) is 1. The molecular weight excluding hydrogens is 246 g/mol. The van der Waals surface area contributed by atoms with Crippen LogP contribution in [0.2, 0.25) is 5.02 Å². The van der Waals surface area contributed by atoms with Gasteiger partial charge in [0.15, 0.2) is 6.61 Å². The highest BCUT2D eigenvalue weighted by molar-refractivity contribution is 6.31. The molecule has 0 aromatic heterocycles. The predicted molar refractivity (Wildman–Crippen MR) is 59.4 cm³/mol. The van der Waals surface area contributed by atoms with Crippen molar-refractivity contribution in [2.75, 3.05) is 6.61 Å². The molecule has 0 fully saturated rings. The van der Waals surface area contributed by atoms with E-state index in [-0.39, 0.29) is 11.6 Å². The van der Waals surface area contributed by atoms with Crippen LogP contribution in [-0.2, 0) is 4.79 Å². The van der Waals surface area contributed by atoms with E-state index in [2.05, 4.69) is 0 Å². The van der Waals surface area contributed by atoms with Crippen LogP contribution in [0, 0.1) is 11.3 Å². The lowest BCUT2D eigenvalue weighted by atomic mass is 10.2. The Bertz CT molecular complexity index is 496. The number of urea groups is 1. The molecule has 3 amide bonds. The van der Waals surface area contributed by atoms with E-state index >= 15 is 0 Å². The first kappa shape index (κ1) is 12.8. The van der Waals surface area contributed by atoms with E-state index in [1.165, 1.54) is 18.2 Å². The van der Waals surface area contributed by atoms with Gasteiger partial charge in [0.1, 0.15) is 11.8 Å². The van der Waals surface area contributed by atoms with Crippen molar-refractivity contribution in [3.05, 3.63) is 28.8 Å². The smallest absolute Gasteiger partial charge is 0.318 e. The number of rotatable bonds is 3. The molecule has 6 nitrogen and oxygen atoms in total. The maximum atomic E-state index is 11.0. The molecule has 0 unspecified atom stereocenters. The van der Waals surface area contributed by atoms with Gasteiger partial charge in [-0.25, -0.2) is 4.79 Å². The minimum Gasteiger partial charge on any atom is -0.484 e. The van der Waals surface area contributed by atoms with Crippen LogP contribution in [0.1, 0.15) is 5.56 Å². The van der Waals surface area contributed by atoms with Gasteiger partial charge in [0.05, 0.1) is 10.6 Å². The number of nitrogens with two attached hydrogens (primary N) is 1. The number of carbonyl (C=O) groups is 2. The maximum Gasteiger partial charge on any atom is 0.318 e. The lowest BCUT2D eigenvalue weighted by molar-refractivity contribution is -0.121. The van der Waals surface area contributed by atoms with Crippen molar-refractivity contribution in [2.24, 2.45) is 5.73 Å². The number of nitriles is 1. The fraction of sp³-hybridized carbons (Fsp3) is 0.100. The summed E-state index contributed by atoms with van der Waals surface area (Å²) in [5.41, 5.74) is 5.05. The van der Waals surface area contributed by atoms with E-state index < -0.39 is 11.9 Å². The minimum absolute atomic E-state index is 0.223. The van der Waals surface area contributed by atoms with E-state index in [0.29, 0.717) is 11.3 Å². The summed E-state index contributed by atoms with van der Waals surface area (Å²) >= 11 is 5.75. The van der Waals surface area contributed by atoms with Crippen LogP contribution in [0.3, 0.4) is 0 Å². The number of nitrogens with one attached hydrogen (secondary N) is 1. The van der Waals surface area contributed by atoms with Crippen molar-refractivity contribution in [2.45, 2.75) is 0 Å². The second-order valence-electron chi connectivity index (χ2n) is 2.95. The van der Waals surface area contributed by atoms with Gasteiger partial charge in [-0.3, -0.25) is 10.1 Å². The standard InChI is InChI=1S/C10H8ClN3O3/c11-8-3-7(2-1-6(8)4-12)17-5-9(15)14-10(13)16/h1-3H,5H2,(H3,13,14,15,16). The largest absolute Gasteiger partial charge is 0.484 e. The highest BCUT2D eigenvalue weighted by Gasteiger charge is 2.06. The molecule has 1 aromatic carbocycles. The Morgan fingerprint density at radius 3 is 2.76 bits per heavy atom. The van der Waals surface area contributed by atoms with Crippen LogP contribution in [0.25, 0.3) is 0 Å². The van der Waals surface area contributed by atoms with Crippen LogP contribution < -0.4 is 15.8 Å². The van der Waals surface area contributed by atoms with Crippen molar-refractivity contribution >= 4 is 23.5 Å². The molecule has 1 rings (SSSR count). The summed E-state index contributed by atoms with van der Waals surface area (Å²) in [5, 5.41) is 10.7. The van der Waals surface area contributed by atoms with Crippen LogP contribution in [-0.4, -0.2) is 18.5 Å². The fourth-order valence-corrected chi connectivity index (χ4v) is 1.21. The SMILES string of the molecule is N#Cc1ccc(OCC(=O)NC(N)=O)cc1Cl. The Hall–Kier alpha value is -2.26. The summed E-state index contributed by atoms with van der Waals surface area (Å²) < 4.78 is 5.04. The summed E-state index contributed by atoms with van der Waals surface area (Å²) in [4.78, 5) is 21.3. The Morgan fingerprint density at radius 2 is 2.24 bits per heavy atom. The van der Waals surface area contributed by atoms with Gasteiger partial charge in [-0.2, -0.15) is 5.26 Å². The summed E-state index contributed by atoms with van der Waals surface area (Å²) in [6.07, 6.45) is 0. The predicted octanol–water partition coefficient (Wildman–Crippen LogP) is 0.785. The number of hydrogen-bond donors (Lipinski definition) is 2. The zero-order chi connectivity index (χ0) is 12.8. The second kappa shape index (κ2) is 5.72. The number of ether oxygens (including phenoxy) is 1. The van der Waals surface area contributed by atoms with Gasteiger partial charge in [-0.05, 0) is 12.1 Å². The van der Waals surface area contributed by atoms with Crippen LogP contribution in [0.5, 0.6) is 5.75 Å². The molecule has 0 heterocycles. The van der Waals surface area contributed by atoms with E-state index in [0.717, 1.165) is 0 Å². The monoisotopic (exact) mass is 253 g/mol. The number of imide groups is 1. The van der Waals surface area contributed by atoms with E-state index in [9.17, 15) is 9.59 Å². The van der Waals surface area contributed by atoms with Gasteiger partial charge in [-0.1, -0.05) is 11.6 Å². The van der Waals surface area contributed by atoms with Crippen LogP contribution in [0.4, 0.5) is 4.79 Å². The van der Waals surface area contributed by atoms with E-state index in [1.807, 2.05) is 11.4 Å². The highest BCUT2D eigenvalue weighted by atomic mass is 35.5. The van der Waals surface area contributed by atoms with Gasteiger partial charge in [0, 0.05) is 6.07 Å². The number of carbonyl (C=O) groups excluding carboxylic acids is 2. The Labute approximate surface area is 102 Å². The summed E-state index contributed by atoms with van der Waals surface area (Å²) in [5.74, 6) is -0.355. The summed E-state index contributed by atoms with van der Waals surface area (Å²) in [7, 11) is 0. The first-order valence-corrected chi connectivity index (χ1v) is 4.82. The number of amides is 3. The average molecular weight is 254 g/mol. The van der Waals surface area contributed by atoms with Crippen molar-refractivity contribution in [1.29, 1.82) is 5.26 Å². The third kappa shape index (κ3) is 4.01. The molecule has 0 aliphatic heterocycles. The molecule has 0 saturated carbocycles. The Kier molecular flexibility index (Phi) is 4.31. The highest BCUT2D eigenvalue weighted by Crippen LogP contribution is 2.21. The topological polar surface area (TPSA) is 105 Å². The van der Waals surface area contributed by atoms with Crippen molar-refractivity contribution in [1.82, 2.24) is 5.32 Å². The molecule has 7 heteroatoms. The Morgan fingerprint density at radius 1 is 1.53 bits per heavy atom. The number of hydrogen-bond acceptors (Lipinski definition) is 4. The molecular formula is C10H8ClN3O3. The first-order chi connectivity index (χ1) is 8.02. The quantitative estimate of drug-likeness (QED) is 0.830. The summed E-state index contributed by atoms with van der Waals surface area (Å²) in [6, 6.07) is 5.29. The maximum absolute atomic E-state index is 11.0. The molecule has 0 radical (unpaired) electrons. The minimum atomic E-state index is -0.948. The molecule has 1 aromatic rings. The molecule has 0 spiro atoms. The van der Waals surface area contributed by atoms with Gasteiger partial charge in [0.2, 0.25) is 0 Å². The van der Waals surface area contributed by atoms with Crippen molar-refractivity contribution in [3.63, 3.8) is 0 Å². The number of halogens is 1. The molecule has 0 saturated heterocycles. The third-order valence-corrected chi connectivity index (χ3v) is 2.01. The molecule has 0 atom stereocenters. The molecule has 0 aliphatic carbocycles. The zero-order valence-electron chi connectivity index (χ0n) is 8.57. The van der Waals surface area contributed by atoms with Gasteiger partial charge < -0.3 is 10.5 Å². The fourth-order valence-electron chi connectivity index (χ4n) is 0.999. The molecule has 17 heavy (non-hydrogen) atoms. The van der Waals surface area contributed by atoms with Gasteiger partial charge in [-0.15, -0.1) is 0 Å². The van der Waals surface area contributed by atoms with Crippen LogP contribution >= 0.6 is 11.6 Å². The molecule has 0 bridgehead atoms. The van der Waals surface area contributed by atoms with Crippen LogP contribution in [0.15, 0.2) is 18.2 Å². The van der Waals surface area contributed by atoms with Gasteiger partial charge in [0.25, 0.3) is 5.91 Å². The molecule has 0 aliphatic rings. The van der Waals surface area contributed by atoms with Crippen molar-refractivity contribution in [3.8, 4) is 11.8 Å². The van der Waals surface area contributed by atoms with E-state index in [4.69, 9.17) is 27.3 Å². The third-order valence-electron chi connectivity index (χ3n) is 1.69. The Balaban J connectivity index is 2.59. The normalized spacial score (nSPS) is 9.18.